The lowest BCUT2D eigenvalue weighted by molar-refractivity contribution is -0.119. The quantitative estimate of drug-likeness (QED) is 0.501. The third kappa shape index (κ3) is 3.62. The minimum Gasteiger partial charge on any atom is -0.358 e. The van der Waals surface area contributed by atoms with E-state index in [2.05, 4.69) is 5.32 Å². The molecule has 1 aliphatic carbocycles. The molecule has 2 heterocycles. The van der Waals surface area contributed by atoms with Gasteiger partial charge in [0.25, 0.3) is 5.56 Å². The first-order chi connectivity index (χ1) is 13.9. The van der Waals surface area contributed by atoms with Crippen LogP contribution in [0.3, 0.4) is 0 Å². The lowest BCUT2D eigenvalue weighted by atomic mass is 9.97. The second kappa shape index (κ2) is 7.95. The van der Waals surface area contributed by atoms with Gasteiger partial charge in [0.2, 0.25) is 5.91 Å². The number of amides is 1. The Kier molecular flexibility index (Phi) is 5.53. The van der Waals surface area contributed by atoms with Gasteiger partial charge in [-0.2, -0.15) is 0 Å². The second-order valence-electron chi connectivity index (χ2n) is 7.59. The lowest BCUT2D eigenvalue weighted by Crippen LogP contribution is -2.29. The molecule has 0 fully saturated rings. The molecule has 0 bridgehead atoms. The van der Waals surface area contributed by atoms with Crippen LogP contribution in [0.1, 0.15) is 41.3 Å². The first kappa shape index (κ1) is 20.2. The number of hydrogen-bond donors (Lipinski definition) is 1. The molecule has 0 aliphatic heterocycles. The molecular weight excluding hydrogens is 402 g/mol. The predicted octanol–water partition coefficient (Wildman–Crippen LogP) is 4.17. The number of nitrogens with one attached hydrogen (secondary N) is 1. The average Bonchev–Trinajstić information content (AvgIpc) is 3.08. The van der Waals surface area contributed by atoms with Crippen LogP contribution in [0.2, 0.25) is 0 Å². The maximum Gasteiger partial charge on any atom is 0.267 e. The number of thioether (sulfide) groups is 1. The van der Waals surface area contributed by atoms with Gasteiger partial charge in [0, 0.05) is 11.9 Å². The summed E-state index contributed by atoms with van der Waals surface area (Å²) < 4.78 is 1.72. The van der Waals surface area contributed by atoms with Crippen molar-refractivity contribution >= 4 is 39.2 Å². The van der Waals surface area contributed by atoms with E-state index in [1.54, 1.807) is 23.0 Å². The predicted molar refractivity (Wildman–Crippen MR) is 121 cm³/mol. The van der Waals surface area contributed by atoms with Crippen molar-refractivity contribution in [1.29, 1.82) is 0 Å². The highest BCUT2D eigenvalue weighted by molar-refractivity contribution is 8.00. The van der Waals surface area contributed by atoms with Gasteiger partial charge >= 0.3 is 0 Å². The van der Waals surface area contributed by atoms with E-state index in [-0.39, 0.29) is 16.7 Å². The molecule has 152 valence electrons. The van der Waals surface area contributed by atoms with Crippen molar-refractivity contribution in [3.63, 3.8) is 0 Å². The fraction of sp³-hybridized carbons (Fsp3) is 0.409. The summed E-state index contributed by atoms with van der Waals surface area (Å²) in [5, 5.41) is 3.67. The molecule has 1 N–H and O–H groups in total. The summed E-state index contributed by atoms with van der Waals surface area (Å²) in [6.45, 7) is 5.87. The standard InChI is InChI=1S/C22H25N3O2S2/c1-12-9-10-13(2)16(11-12)25-21(27)18-15-7-5-6-8-17(15)29-20(18)24-22(25)28-14(3)19(26)23-4/h9-11,14H,5-8H2,1-4H3,(H,23,26)/t14-/m1/s1. The van der Waals surface area contributed by atoms with Crippen molar-refractivity contribution in [2.45, 2.75) is 56.9 Å². The van der Waals surface area contributed by atoms with E-state index in [4.69, 9.17) is 4.98 Å². The molecule has 1 aromatic carbocycles. The van der Waals surface area contributed by atoms with Crippen LogP contribution < -0.4 is 10.9 Å². The minimum absolute atomic E-state index is 0.0188. The van der Waals surface area contributed by atoms with Crippen LogP contribution in [0.15, 0.2) is 28.2 Å². The van der Waals surface area contributed by atoms with E-state index in [1.165, 1.54) is 28.6 Å². The molecule has 1 atom stereocenters. The van der Waals surface area contributed by atoms with Crippen LogP contribution in [0, 0.1) is 13.8 Å². The highest BCUT2D eigenvalue weighted by atomic mass is 32.2. The number of benzene rings is 1. The van der Waals surface area contributed by atoms with Crippen LogP contribution in [0.25, 0.3) is 15.9 Å². The van der Waals surface area contributed by atoms with E-state index < -0.39 is 0 Å². The van der Waals surface area contributed by atoms with Crippen LogP contribution in [0.5, 0.6) is 0 Å². The molecule has 7 heteroatoms. The van der Waals surface area contributed by atoms with Crippen molar-refractivity contribution in [2.75, 3.05) is 7.05 Å². The maximum atomic E-state index is 13.8. The Morgan fingerprint density at radius 1 is 1.28 bits per heavy atom. The molecular formula is C22H25N3O2S2. The number of hydrogen-bond acceptors (Lipinski definition) is 5. The Morgan fingerprint density at radius 2 is 2.03 bits per heavy atom. The van der Waals surface area contributed by atoms with Crippen molar-refractivity contribution in [2.24, 2.45) is 0 Å². The van der Waals surface area contributed by atoms with Gasteiger partial charge in [0.1, 0.15) is 4.83 Å². The smallest absolute Gasteiger partial charge is 0.267 e. The normalized spacial score (nSPS) is 14.6. The summed E-state index contributed by atoms with van der Waals surface area (Å²) in [6, 6.07) is 6.10. The van der Waals surface area contributed by atoms with Crippen LogP contribution in [-0.4, -0.2) is 27.8 Å². The van der Waals surface area contributed by atoms with E-state index in [1.807, 2.05) is 39.0 Å². The van der Waals surface area contributed by atoms with Gasteiger partial charge in [0.05, 0.1) is 16.3 Å². The number of carbonyl (C=O) groups is 1. The summed E-state index contributed by atoms with van der Waals surface area (Å²) in [5.41, 5.74) is 4.10. The number of aryl methyl sites for hydroxylation is 4. The van der Waals surface area contributed by atoms with Gasteiger partial charge in [-0.1, -0.05) is 23.9 Å². The van der Waals surface area contributed by atoms with Crippen molar-refractivity contribution in [3.05, 3.63) is 50.1 Å². The fourth-order valence-electron chi connectivity index (χ4n) is 3.85. The molecule has 2 aromatic heterocycles. The largest absolute Gasteiger partial charge is 0.358 e. The van der Waals surface area contributed by atoms with Gasteiger partial charge in [-0.3, -0.25) is 14.2 Å². The minimum atomic E-state index is -0.352. The fourth-order valence-corrected chi connectivity index (χ4v) is 6.13. The van der Waals surface area contributed by atoms with E-state index in [0.29, 0.717) is 5.16 Å². The Balaban J connectivity index is 2.00. The van der Waals surface area contributed by atoms with Crippen LogP contribution in [0.4, 0.5) is 0 Å². The lowest BCUT2D eigenvalue weighted by Gasteiger charge is -2.17. The number of rotatable bonds is 4. The number of fused-ring (bicyclic) bond motifs is 3. The molecule has 29 heavy (non-hydrogen) atoms. The number of nitrogens with zero attached hydrogens (tertiary/aromatic N) is 2. The zero-order valence-electron chi connectivity index (χ0n) is 17.2. The molecule has 0 spiro atoms. The summed E-state index contributed by atoms with van der Waals surface area (Å²) in [7, 11) is 1.63. The summed E-state index contributed by atoms with van der Waals surface area (Å²) in [5.74, 6) is -0.0812. The highest BCUT2D eigenvalue weighted by Gasteiger charge is 2.25. The Bertz CT molecular complexity index is 1160. The van der Waals surface area contributed by atoms with Gasteiger partial charge in [-0.15, -0.1) is 11.3 Å². The molecule has 5 nitrogen and oxygen atoms in total. The first-order valence-corrected chi connectivity index (χ1v) is 11.6. The third-order valence-electron chi connectivity index (χ3n) is 5.46. The Labute approximate surface area is 178 Å². The zero-order valence-corrected chi connectivity index (χ0v) is 18.8. The van der Waals surface area contributed by atoms with Gasteiger partial charge < -0.3 is 5.32 Å². The molecule has 4 rings (SSSR count). The topological polar surface area (TPSA) is 64.0 Å². The van der Waals surface area contributed by atoms with Crippen molar-refractivity contribution < 1.29 is 4.79 Å². The average molecular weight is 428 g/mol. The first-order valence-electron chi connectivity index (χ1n) is 9.94. The van der Waals surface area contributed by atoms with Crippen LogP contribution >= 0.6 is 23.1 Å². The van der Waals surface area contributed by atoms with Crippen molar-refractivity contribution in [3.8, 4) is 5.69 Å². The number of carbonyl (C=O) groups excluding carboxylic acids is 1. The van der Waals surface area contributed by atoms with Gasteiger partial charge in [-0.25, -0.2) is 4.98 Å². The maximum absolute atomic E-state index is 13.8. The van der Waals surface area contributed by atoms with Crippen LogP contribution in [-0.2, 0) is 17.6 Å². The Morgan fingerprint density at radius 3 is 2.79 bits per heavy atom. The summed E-state index contributed by atoms with van der Waals surface area (Å²) in [6.07, 6.45) is 4.25. The molecule has 0 unspecified atom stereocenters. The van der Waals surface area contributed by atoms with Gasteiger partial charge in [-0.05, 0) is 69.2 Å². The molecule has 0 saturated carbocycles. The molecule has 3 aromatic rings. The van der Waals surface area contributed by atoms with E-state index >= 15 is 0 Å². The SMILES string of the molecule is CNC(=O)[C@@H](C)Sc1nc2sc3c(c2c(=O)n1-c1cc(C)ccc1C)CCCC3. The highest BCUT2D eigenvalue weighted by Crippen LogP contribution is 2.36. The monoisotopic (exact) mass is 427 g/mol. The summed E-state index contributed by atoms with van der Waals surface area (Å²) in [4.78, 5) is 32.9. The summed E-state index contributed by atoms with van der Waals surface area (Å²) >= 11 is 2.98. The van der Waals surface area contributed by atoms with E-state index in [0.717, 1.165) is 46.3 Å². The number of aromatic nitrogens is 2. The second-order valence-corrected chi connectivity index (χ2v) is 9.98. The molecule has 1 amide bonds. The van der Waals surface area contributed by atoms with Gasteiger partial charge in [0.15, 0.2) is 5.16 Å². The third-order valence-corrected chi connectivity index (χ3v) is 7.70. The molecule has 1 aliphatic rings. The molecule has 0 saturated heterocycles. The van der Waals surface area contributed by atoms with Crippen molar-refractivity contribution in [1.82, 2.24) is 14.9 Å². The Hall–Kier alpha value is -2.12. The number of thiophene rings is 1. The molecule has 0 radical (unpaired) electrons. The zero-order chi connectivity index (χ0) is 20.7. The van der Waals surface area contributed by atoms with E-state index in [9.17, 15) is 9.59 Å².